The smallest absolute Gasteiger partial charge is 0.421 e. The first-order valence-electron chi connectivity index (χ1n) is 11.3. The Kier molecular flexibility index (Phi) is 9.77. The molecule has 0 aliphatic carbocycles. The summed E-state index contributed by atoms with van der Waals surface area (Å²) in [7, 11) is -6.74. The average Bonchev–Trinajstić information content (AvgIpc) is 2.89. The fraction of sp³-hybridized carbons (Fsp3) is 0.273. The number of halogens is 2. The number of benzene rings is 2. The lowest BCUT2D eigenvalue weighted by atomic mass is 10.4. The first kappa shape index (κ1) is 30.1. The minimum absolute atomic E-state index is 0.104. The van der Waals surface area contributed by atoms with E-state index >= 15 is 0 Å². The molecule has 0 unspecified atom stereocenters. The molecule has 0 spiro atoms. The number of sulfonamides is 2. The van der Waals surface area contributed by atoms with Gasteiger partial charge in [0.15, 0.2) is 0 Å². The van der Waals surface area contributed by atoms with Gasteiger partial charge in [0.05, 0.1) is 17.2 Å². The van der Waals surface area contributed by atoms with Gasteiger partial charge >= 0.3 is 32.0 Å². The Balaban J connectivity index is 2.26. The van der Waals surface area contributed by atoms with Crippen LogP contribution in [0.2, 0.25) is 10.0 Å². The van der Waals surface area contributed by atoms with Crippen molar-refractivity contribution in [3.05, 3.63) is 58.6 Å². The van der Waals surface area contributed by atoms with Gasteiger partial charge < -0.3 is 14.5 Å². The van der Waals surface area contributed by atoms with Gasteiger partial charge in [0.2, 0.25) is 5.95 Å². The molecule has 1 heterocycles. The van der Waals surface area contributed by atoms with Crippen molar-refractivity contribution in [2.24, 2.45) is 0 Å². The van der Waals surface area contributed by atoms with Gasteiger partial charge in [-0.15, -0.1) is 4.98 Å². The zero-order valence-electron chi connectivity index (χ0n) is 21.3. The second-order valence-electron chi connectivity index (χ2n) is 7.47. The number of guanidine groups is 1. The minimum Gasteiger partial charge on any atom is -0.467 e. The van der Waals surface area contributed by atoms with Crippen LogP contribution in [0.4, 0.5) is 11.9 Å². The highest BCUT2D eigenvalue weighted by Gasteiger charge is 2.36. The number of rotatable bonds is 10. The lowest BCUT2D eigenvalue weighted by Crippen LogP contribution is -2.45. The van der Waals surface area contributed by atoms with E-state index in [1.807, 2.05) is 13.8 Å². The molecule has 0 amide bonds. The number of hydrogen-bond donors (Lipinski definition) is 2. The van der Waals surface area contributed by atoms with Crippen LogP contribution in [0.3, 0.4) is 0 Å². The Hall–Kier alpha value is -3.40. The van der Waals surface area contributed by atoms with E-state index in [-0.39, 0.29) is 37.7 Å². The van der Waals surface area contributed by atoms with Gasteiger partial charge in [-0.2, -0.15) is 31.5 Å². The van der Waals surface area contributed by atoms with Gasteiger partial charge in [0.25, 0.3) is 5.95 Å². The third-order valence-electron chi connectivity index (χ3n) is 5.10. The zero-order chi connectivity index (χ0) is 28.8. The molecule has 1 aromatic heterocycles. The van der Waals surface area contributed by atoms with Crippen LogP contribution < -0.4 is 19.7 Å². The Morgan fingerprint density at radius 2 is 1.46 bits per heavy atom. The SMILES string of the molecule is CCN(CC)c1nc(NC(NS(=O)(=O)c2ccccc2Cl)=[N+](OC)S(=O)(=O)c2ccccc2Cl)nc(OC)n1. The standard InChI is InChI=1S/C22H25Cl2N7O6S2/c1-5-30(6-2)20-25-19(27-22(28-20)36-3)26-21(29-38(32,33)17-13-9-7-11-15(17)23)31(37-4)39(34,35)18-14-10-8-12-16(18)24/h7-14H,5-6H2,1-4H3,(H,25,26,27,28,29)/p+1. The molecule has 2 aromatic carbocycles. The number of anilines is 2. The van der Waals surface area contributed by atoms with Crippen LogP contribution in [-0.4, -0.2) is 69.2 Å². The van der Waals surface area contributed by atoms with Crippen LogP contribution in [-0.2, 0) is 24.9 Å². The fourth-order valence-electron chi connectivity index (χ4n) is 3.25. The highest BCUT2D eigenvalue weighted by Crippen LogP contribution is 2.24. The molecule has 0 saturated carbocycles. The molecule has 0 saturated heterocycles. The van der Waals surface area contributed by atoms with Crippen LogP contribution in [0.1, 0.15) is 13.8 Å². The number of nitrogens with zero attached hydrogens (tertiary/aromatic N) is 5. The third-order valence-corrected chi connectivity index (χ3v) is 9.06. The normalized spacial score (nSPS) is 12.4. The summed E-state index contributed by atoms with van der Waals surface area (Å²) in [6.45, 7) is 4.82. The average molecular weight is 620 g/mol. The molecule has 0 atom stereocenters. The van der Waals surface area contributed by atoms with Crippen LogP contribution in [0.25, 0.3) is 0 Å². The number of methoxy groups -OCH3 is 1. The lowest BCUT2D eigenvalue weighted by Gasteiger charge is -2.19. The summed E-state index contributed by atoms with van der Waals surface area (Å²) in [4.78, 5) is 18.8. The largest absolute Gasteiger partial charge is 0.467 e. The van der Waals surface area contributed by atoms with E-state index in [4.69, 9.17) is 32.8 Å². The first-order chi connectivity index (χ1) is 18.5. The molecule has 0 radical (unpaired) electrons. The highest BCUT2D eigenvalue weighted by molar-refractivity contribution is 7.90. The van der Waals surface area contributed by atoms with Crippen molar-refractivity contribution >= 4 is 61.1 Å². The van der Waals surface area contributed by atoms with E-state index in [0.717, 1.165) is 7.11 Å². The van der Waals surface area contributed by atoms with Crippen molar-refractivity contribution in [2.75, 3.05) is 37.5 Å². The Morgan fingerprint density at radius 1 is 0.897 bits per heavy atom. The second-order valence-corrected chi connectivity index (χ2v) is 11.7. The van der Waals surface area contributed by atoms with Crippen LogP contribution in [0.5, 0.6) is 6.01 Å². The van der Waals surface area contributed by atoms with E-state index in [1.165, 1.54) is 49.6 Å². The quantitative estimate of drug-likeness (QED) is 0.149. The van der Waals surface area contributed by atoms with Crippen molar-refractivity contribution in [1.82, 2.24) is 19.7 Å². The monoisotopic (exact) mass is 618 g/mol. The molecule has 13 nitrogen and oxygen atoms in total. The molecule has 3 rings (SSSR count). The zero-order valence-corrected chi connectivity index (χ0v) is 24.4. The van der Waals surface area contributed by atoms with Gasteiger partial charge in [0, 0.05) is 17.2 Å². The summed E-state index contributed by atoms with van der Waals surface area (Å²) in [5.41, 5.74) is 0. The molecule has 39 heavy (non-hydrogen) atoms. The maximum absolute atomic E-state index is 13.6. The molecule has 0 aliphatic heterocycles. The number of aromatic nitrogens is 3. The third kappa shape index (κ3) is 6.79. The van der Waals surface area contributed by atoms with Crippen LogP contribution in [0.15, 0.2) is 58.3 Å². The van der Waals surface area contributed by atoms with E-state index in [0.29, 0.717) is 17.2 Å². The van der Waals surface area contributed by atoms with Crippen LogP contribution >= 0.6 is 23.2 Å². The highest BCUT2D eigenvalue weighted by atomic mass is 35.5. The minimum atomic E-state index is -4.61. The van der Waals surface area contributed by atoms with Gasteiger partial charge in [-0.25, -0.2) is 5.32 Å². The van der Waals surface area contributed by atoms with Crippen molar-refractivity contribution in [3.8, 4) is 6.01 Å². The number of nitrogens with one attached hydrogen (secondary N) is 2. The molecule has 0 bridgehead atoms. The van der Waals surface area contributed by atoms with Gasteiger partial charge in [-0.3, -0.25) is 0 Å². The fourth-order valence-corrected chi connectivity index (χ4v) is 6.53. The number of ether oxygens (including phenoxy) is 1. The van der Waals surface area contributed by atoms with Gasteiger partial charge in [-0.1, -0.05) is 47.5 Å². The van der Waals surface area contributed by atoms with Gasteiger partial charge in [-0.05, 0) is 38.1 Å². The Labute approximate surface area is 236 Å². The van der Waals surface area contributed by atoms with Crippen molar-refractivity contribution < 1.29 is 30.6 Å². The predicted molar refractivity (Wildman–Crippen MR) is 146 cm³/mol. The van der Waals surface area contributed by atoms with E-state index in [2.05, 4.69) is 25.0 Å². The molecule has 0 fully saturated rings. The summed E-state index contributed by atoms with van der Waals surface area (Å²) in [5, 5.41) is 2.35. The van der Waals surface area contributed by atoms with Crippen LogP contribution in [0, 0.1) is 0 Å². The lowest BCUT2D eigenvalue weighted by molar-refractivity contribution is -0.667. The summed E-state index contributed by atoms with van der Waals surface area (Å²) in [6, 6.07) is 11.1. The molecule has 210 valence electrons. The van der Waals surface area contributed by atoms with Gasteiger partial charge in [0.1, 0.15) is 16.9 Å². The van der Waals surface area contributed by atoms with E-state index < -0.39 is 26.0 Å². The van der Waals surface area contributed by atoms with E-state index in [1.54, 1.807) is 11.0 Å². The maximum atomic E-state index is 13.6. The summed E-state index contributed by atoms with van der Waals surface area (Å²) in [5.74, 6) is -0.770. The Morgan fingerprint density at radius 3 is 1.97 bits per heavy atom. The summed E-state index contributed by atoms with van der Waals surface area (Å²) < 4.78 is 61.6. The molecule has 0 aliphatic rings. The molecule has 2 N–H and O–H groups in total. The number of hydrogen-bond acceptors (Lipinski definition) is 10. The first-order valence-corrected chi connectivity index (χ1v) is 15.0. The topological polar surface area (TPSA) is 156 Å². The van der Waals surface area contributed by atoms with Crippen molar-refractivity contribution in [3.63, 3.8) is 0 Å². The maximum Gasteiger partial charge on any atom is 0.421 e. The predicted octanol–water partition coefficient (Wildman–Crippen LogP) is 2.74. The summed E-state index contributed by atoms with van der Waals surface area (Å²) in [6.07, 6.45) is 0. The van der Waals surface area contributed by atoms with Crippen molar-refractivity contribution in [2.45, 2.75) is 23.6 Å². The van der Waals surface area contributed by atoms with Crippen molar-refractivity contribution in [1.29, 1.82) is 0 Å². The molecular formula is C22H26Cl2N7O6S2+. The molecule has 17 heteroatoms. The molecular weight excluding hydrogens is 593 g/mol. The Bertz CT molecular complexity index is 1580. The summed E-state index contributed by atoms with van der Waals surface area (Å²) >= 11 is 12.3. The molecule has 3 aromatic rings. The van der Waals surface area contributed by atoms with E-state index in [9.17, 15) is 16.8 Å². The second kappa shape index (κ2) is 12.6.